The molecule has 1 aromatic rings. The van der Waals surface area contributed by atoms with E-state index in [2.05, 4.69) is 4.74 Å². The van der Waals surface area contributed by atoms with Crippen LogP contribution < -0.4 is 0 Å². The highest BCUT2D eigenvalue weighted by molar-refractivity contribution is 5.72. The van der Waals surface area contributed by atoms with Gasteiger partial charge in [-0.15, -0.1) is 0 Å². The molecule has 0 atom stereocenters. The van der Waals surface area contributed by atoms with Crippen LogP contribution in [0.25, 0.3) is 0 Å². The number of hydrogen-bond donors (Lipinski definition) is 0. The lowest BCUT2D eigenvalue weighted by atomic mass is 10.0. The minimum atomic E-state index is -3.04. The molecule has 0 spiro atoms. The van der Waals surface area contributed by atoms with Gasteiger partial charge in [-0.2, -0.15) is 5.26 Å². The lowest BCUT2D eigenvalue weighted by Gasteiger charge is -2.07. The summed E-state index contributed by atoms with van der Waals surface area (Å²) in [5.74, 6) is -1.87. The van der Waals surface area contributed by atoms with Crippen LogP contribution in [-0.2, 0) is 16.0 Å². The van der Waals surface area contributed by atoms with Gasteiger partial charge >= 0.3 is 5.97 Å². The first kappa shape index (κ1) is 14.0. The molecule has 6 heteroatoms. The van der Waals surface area contributed by atoms with Gasteiger partial charge in [0.1, 0.15) is 11.9 Å². The molecule has 0 saturated heterocycles. The highest BCUT2D eigenvalue weighted by Crippen LogP contribution is 2.26. The molecule has 0 aromatic heterocycles. The molecular weight excluding hydrogens is 247 g/mol. The summed E-state index contributed by atoms with van der Waals surface area (Å²) < 4.78 is 43.1. The van der Waals surface area contributed by atoms with Crippen molar-refractivity contribution in [3.05, 3.63) is 34.6 Å². The number of carbonyl (C=O) groups is 1. The van der Waals surface area contributed by atoms with Crippen LogP contribution in [0.1, 0.15) is 30.0 Å². The van der Waals surface area contributed by atoms with Crippen LogP contribution >= 0.6 is 0 Å². The number of nitriles is 1. The third-order valence-corrected chi connectivity index (χ3v) is 2.17. The fraction of sp³-hybridized carbons (Fsp3) is 0.333. The van der Waals surface area contributed by atoms with Gasteiger partial charge < -0.3 is 4.74 Å². The van der Waals surface area contributed by atoms with E-state index in [0.717, 1.165) is 12.1 Å². The summed E-state index contributed by atoms with van der Waals surface area (Å²) in [7, 11) is 0. The minimum Gasteiger partial charge on any atom is -0.466 e. The first-order valence-corrected chi connectivity index (χ1v) is 5.15. The van der Waals surface area contributed by atoms with Crippen molar-refractivity contribution in [3.63, 3.8) is 0 Å². The Morgan fingerprint density at radius 2 is 2.17 bits per heavy atom. The van der Waals surface area contributed by atoms with Crippen molar-refractivity contribution in [1.29, 1.82) is 5.26 Å². The molecule has 0 fully saturated rings. The van der Waals surface area contributed by atoms with Crippen LogP contribution in [0.15, 0.2) is 12.1 Å². The van der Waals surface area contributed by atoms with E-state index in [1.165, 1.54) is 6.07 Å². The Morgan fingerprint density at radius 1 is 1.50 bits per heavy atom. The number of alkyl halides is 2. The van der Waals surface area contributed by atoms with Gasteiger partial charge in [0.05, 0.1) is 24.2 Å². The lowest BCUT2D eigenvalue weighted by molar-refractivity contribution is -0.142. The molecule has 96 valence electrons. The number of rotatable bonds is 4. The fourth-order valence-corrected chi connectivity index (χ4v) is 1.43. The van der Waals surface area contributed by atoms with Crippen molar-refractivity contribution in [2.75, 3.05) is 6.61 Å². The average Bonchev–Trinajstić information content (AvgIpc) is 2.31. The Kier molecular flexibility index (Phi) is 4.72. The summed E-state index contributed by atoms with van der Waals surface area (Å²) >= 11 is 0. The largest absolute Gasteiger partial charge is 0.466 e. The van der Waals surface area contributed by atoms with Crippen molar-refractivity contribution in [1.82, 2.24) is 0 Å². The summed E-state index contributed by atoms with van der Waals surface area (Å²) in [6.07, 6.45) is -3.32. The lowest BCUT2D eigenvalue weighted by Crippen LogP contribution is -2.09. The van der Waals surface area contributed by atoms with Crippen molar-refractivity contribution in [3.8, 4) is 6.07 Å². The average molecular weight is 257 g/mol. The molecule has 0 bridgehead atoms. The third-order valence-electron chi connectivity index (χ3n) is 2.17. The van der Waals surface area contributed by atoms with Gasteiger partial charge in [-0.1, -0.05) is 0 Å². The molecule has 3 nitrogen and oxygen atoms in total. The summed E-state index contributed by atoms with van der Waals surface area (Å²) in [5.41, 5.74) is -1.26. The fourth-order valence-electron chi connectivity index (χ4n) is 1.43. The van der Waals surface area contributed by atoms with Crippen molar-refractivity contribution in [2.24, 2.45) is 0 Å². The van der Waals surface area contributed by atoms with Crippen LogP contribution in [0.2, 0.25) is 0 Å². The Hall–Kier alpha value is -2.03. The molecule has 18 heavy (non-hydrogen) atoms. The topological polar surface area (TPSA) is 50.1 Å². The van der Waals surface area contributed by atoms with Crippen molar-refractivity contribution in [2.45, 2.75) is 19.8 Å². The maximum Gasteiger partial charge on any atom is 0.310 e. The number of halogens is 3. The van der Waals surface area contributed by atoms with Gasteiger partial charge in [0.25, 0.3) is 6.43 Å². The second kappa shape index (κ2) is 6.05. The molecule has 0 radical (unpaired) electrons. The van der Waals surface area contributed by atoms with Crippen molar-refractivity contribution < 1.29 is 22.7 Å². The molecule has 1 rings (SSSR count). The molecule has 0 aliphatic rings. The zero-order valence-corrected chi connectivity index (χ0v) is 9.54. The monoisotopic (exact) mass is 257 g/mol. The molecule has 0 unspecified atom stereocenters. The predicted octanol–water partition coefficient (Wildman–Crippen LogP) is 2.74. The smallest absolute Gasteiger partial charge is 0.310 e. The van der Waals surface area contributed by atoms with Crippen LogP contribution in [0.4, 0.5) is 13.2 Å². The van der Waals surface area contributed by atoms with Crippen LogP contribution in [0.3, 0.4) is 0 Å². The third kappa shape index (κ3) is 3.23. The van der Waals surface area contributed by atoms with E-state index in [0.29, 0.717) is 0 Å². The highest BCUT2D eigenvalue weighted by Gasteiger charge is 2.19. The Morgan fingerprint density at radius 3 is 2.67 bits per heavy atom. The van der Waals surface area contributed by atoms with Gasteiger partial charge in [0, 0.05) is 0 Å². The van der Waals surface area contributed by atoms with Gasteiger partial charge in [0.2, 0.25) is 0 Å². The standard InChI is InChI=1S/C12H10F3NO2/c1-2-18-10(17)5-7-3-8(6-16)11(13)9(4-7)12(14)15/h3-4,12H,2,5H2,1H3. The zero-order chi connectivity index (χ0) is 13.7. The molecule has 0 saturated carbocycles. The van der Waals surface area contributed by atoms with E-state index in [4.69, 9.17) is 5.26 Å². The summed E-state index contributed by atoms with van der Waals surface area (Å²) in [5, 5.41) is 8.64. The summed E-state index contributed by atoms with van der Waals surface area (Å²) in [4.78, 5) is 11.2. The molecule has 0 aliphatic heterocycles. The zero-order valence-electron chi connectivity index (χ0n) is 9.54. The van der Waals surface area contributed by atoms with E-state index in [-0.39, 0.29) is 18.6 Å². The number of ether oxygens (including phenoxy) is 1. The first-order chi connectivity index (χ1) is 8.49. The van der Waals surface area contributed by atoms with Gasteiger partial charge in [0.15, 0.2) is 0 Å². The van der Waals surface area contributed by atoms with E-state index in [1.807, 2.05) is 0 Å². The van der Waals surface area contributed by atoms with E-state index >= 15 is 0 Å². The molecular formula is C12H10F3NO2. The van der Waals surface area contributed by atoms with Crippen LogP contribution in [0, 0.1) is 17.1 Å². The number of hydrogen-bond acceptors (Lipinski definition) is 3. The van der Waals surface area contributed by atoms with Gasteiger partial charge in [-0.05, 0) is 24.6 Å². The normalized spacial score (nSPS) is 10.2. The predicted molar refractivity (Wildman–Crippen MR) is 56.4 cm³/mol. The molecule has 0 amide bonds. The van der Waals surface area contributed by atoms with Gasteiger partial charge in [-0.3, -0.25) is 4.79 Å². The minimum absolute atomic E-state index is 0.127. The summed E-state index contributed by atoms with van der Waals surface area (Å²) in [6.45, 7) is 1.76. The molecule has 0 heterocycles. The van der Waals surface area contributed by atoms with Crippen molar-refractivity contribution >= 4 is 5.97 Å². The summed E-state index contributed by atoms with van der Waals surface area (Å²) in [6, 6.07) is 3.42. The van der Waals surface area contributed by atoms with Crippen LogP contribution in [-0.4, -0.2) is 12.6 Å². The Balaban J connectivity index is 3.11. The molecule has 0 aliphatic carbocycles. The molecule has 0 N–H and O–H groups in total. The Bertz CT molecular complexity index is 495. The maximum atomic E-state index is 13.4. The maximum absolute atomic E-state index is 13.4. The first-order valence-electron chi connectivity index (χ1n) is 5.15. The number of benzene rings is 1. The SMILES string of the molecule is CCOC(=O)Cc1cc(C#N)c(F)c(C(F)F)c1. The second-order valence-electron chi connectivity index (χ2n) is 3.44. The highest BCUT2D eigenvalue weighted by atomic mass is 19.3. The van der Waals surface area contributed by atoms with E-state index in [1.54, 1.807) is 6.92 Å². The van der Waals surface area contributed by atoms with Gasteiger partial charge in [-0.25, -0.2) is 13.2 Å². The Labute approximate surface area is 102 Å². The number of esters is 1. The van der Waals surface area contributed by atoms with E-state index < -0.39 is 29.3 Å². The number of nitrogens with zero attached hydrogens (tertiary/aromatic N) is 1. The molecule has 1 aromatic carbocycles. The van der Waals surface area contributed by atoms with Crippen LogP contribution in [0.5, 0.6) is 0 Å². The number of carbonyl (C=O) groups excluding carboxylic acids is 1. The quantitative estimate of drug-likeness (QED) is 0.779. The van der Waals surface area contributed by atoms with E-state index in [9.17, 15) is 18.0 Å². The second-order valence-corrected chi connectivity index (χ2v) is 3.44.